The minimum atomic E-state index is 0.215. The monoisotopic (exact) mass is 250 g/mol. The second-order valence-corrected chi connectivity index (χ2v) is 5.11. The molecule has 0 aliphatic heterocycles. The van der Waals surface area contributed by atoms with Crippen LogP contribution >= 0.6 is 0 Å². The zero-order valence-corrected chi connectivity index (χ0v) is 12.2. The highest BCUT2D eigenvalue weighted by Crippen LogP contribution is 2.20. The summed E-state index contributed by atoms with van der Waals surface area (Å²) in [6.45, 7) is 8.19. The molecule has 0 aliphatic rings. The molecule has 3 heteroatoms. The summed E-state index contributed by atoms with van der Waals surface area (Å²) < 4.78 is 5.75. The number of rotatable bonds is 7. The lowest BCUT2D eigenvalue weighted by atomic mass is 10.1. The summed E-state index contributed by atoms with van der Waals surface area (Å²) in [5.74, 6) is 0.948. The molecule has 18 heavy (non-hydrogen) atoms. The maximum Gasteiger partial charge on any atom is 0.120 e. The number of benzene rings is 1. The molecule has 0 fully saturated rings. The molecule has 1 rings (SSSR count). The third-order valence-electron chi connectivity index (χ3n) is 2.63. The van der Waals surface area contributed by atoms with Crippen LogP contribution in [0.25, 0.3) is 0 Å². The second-order valence-electron chi connectivity index (χ2n) is 5.11. The van der Waals surface area contributed by atoms with Gasteiger partial charge in [-0.2, -0.15) is 0 Å². The van der Waals surface area contributed by atoms with E-state index in [9.17, 15) is 0 Å². The lowest BCUT2D eigenvalue weighted by Gasteiger charge is -2.23. The molecule has 3 nitrogen and oxygen atoms in total. The van der Waals surface area contributed by atoms with Gasteiger partial charge < -0.3 is 15.0 Å². The van der Waals surface area contributed by atoms with Gasteiger partial charge >= 0.3 is 0 Å². The van der Waals surface area contributed by atoms with Crippen LogP contribution in [0.1, 0.15) is 32.4 Å². The number of ether oxygens (including phenoxy) is 1. The van der Waals surface area contributed by atoms with E-state index in [-0.39, 0.29) is 6.10 Å². The van der Waals surface area contributed by atoms with Crippen LogP contribution in [-0.4, -0.2) is 38.2 Å². The quantitative estimate of drug-likeness (QED) is 0.805. The lowest BCUT2D eigenvalue weighted by Crippen LogP contribution is -2.31. The van der Waals surface area contributed by atoms with Crippen molar-refractivity contribution < 1.29 is 4.74 Å². The van der Waals surface area contributed by atoms with Gasteiger partial charge in [-0.05, 0) is 52.2 Å². The van der Waals surface area contributed by atoms with Crippen molar-refractivity contribution >= 4 is 0 Å². The van der Waals surface area contributed by atoms with Gasteiger partial charge in [-0.1, -0.05) is 19.1 Å². The SMILES string of the molecule is CCNC(CN(C)C)c1cccc(OC(C)C)c1. The van der Waals surface area contributed by atoms with Gasteiger partial charge in [-0.15, -0.1) is 0 Å². The number of nitrogens with one attached hydrogen (secondary N) is 1. The predicted molar refractivity (Wildman–Crippen MR) is 77.2 cm³/mol. The lowest BCUT2D eigenvalue weighted by molar-refractivity contribution is 0.241. The topological polar surface area (TPSA) is 24.5 Å². The van der Waals surface area contributed by atoms with Gasteiger partial charge in [0.1, 0.15) is 5.75 Å². The smallest absolute Gasteiger partial charge is 0.120 e. The first-order valence-electron chi connectivity index (χ1n) is 6.67. The molecule has 0 amide bonds. The minimum absolute atomic E-state index is 0.215. The molecule has 0 aliphatic carbocycles. The van der Waals surface area contributed by atoms with Crippen LogP contribution in [0.3, 0.4) is 0 Å². The van der Waals surface area contributed by atoms with Crippen LogP contribution in [0, 0.1) is 0 Å². The van der Waals surface area contributed by atoms with Gasteiger partial charge in [-0.3, -0.25) is 0 Å². The fourth-order valence-corrected chi connectivity index (χ4v) is 1.98. The van der Waals surface area contributed by atoms with Crippen molar-refractivity contribution in [1.82, 2.24) is 10.2 Å². The third kappa shape index (κ3) is 5.07. The number of hydrogen-bond donors (Lipinski definition) is 1. The summed E-state index contributed by atoms with van der Waals surface area (Å²) in [5.41, 5.74) is 1.28. The summed E-state index contributed by atoms with van der Waals surface area (Å²) in [4.78, 5) is 2.20. The maximum absolute atomic E-state index is 5.75. The van der Waals surface area contributed by atoms with Gasteiger partial charge in [0, 0.05) is 12.6 Å². The van der Waals surface area contributed by atoms with E-state index in [4.69, 9.17) is 4.74 Å². The van der Waals surface area contributed by atoms with E-state index in [1.165, 1.54) is 5.56 Å². The first kappa shape index (κ1) is 15.0. The first-order valence-corrected chi connectivity index (χ1v) is 6.67. The van der Waals surface area contributed by atoms with Gasteiger partial charge in [0.05, 0.1) is 6.10 Å². The Morgan fingerprint density at radius 3 is 2.56 bits per heavy atom. The molecule has 1 aromatic carbocycles. The van der Waals surface area contributed by atoms with Gasteiger partial charge in [0.2, 0.25) is 0 Å². The van der Waals surface area contributed by atoms with E-state index < -0.39 is 0 Å². The molecule has 0 saturated carbocycles. The second kappa shape index (κ2) is 7.39. The highest BCUT2D eigenvalue weighted by molar-refractivity contribution is 5.31. The van der Waals surface area contributed by atoms with Crippen LogP contribution in [0.4, 0.5) is 0 Å². The Hall–Kier alpha value is -1.06. The molecule has 1 aromatic rings. The largest absolute Gasteiger partial charge is 0.491 e. The number of nitrogens with zero attached hydrogens (tertiary/aromatic N) is 1. The Balaban J connectivity index is 2.83. The van der Waals surface area contributed by atoms with Crippen molar-refractivity contribution in [2.75, 3.05) is 27.2 Å². The fraction of sp³-hybridized carbons (Fsp3) is 0.600. The van der Waals surface area contributed by atoms with Gasteiger partial charge in [-0.25, -0.2) is 0 Å². The highest BCUT2D eigenvalue weighted by Gasteiger charge is 2.12. The predicted octanol–water partition coefficient (Wildman–Crippen LogP) is 2.69. The van der Waals surface area contributed by atoms with E-state index in [2.05, 4.69) is 49.4 Å². The molecule has 0 heterocycles. The zero-order valence-electron chi connectivity index (χ0n) is 12.2. The van der Waals surface area contributed by atoms with Crippen molar-refractivity contribution in [3.63, 3.8) is 0 Å². The Labute approximate surface area is 111 Å². The Bertz CT molecular complexity index is 350. The van der Waals surface area contributed by atoms with E-state index in [1.807, 2.05) is 19.9 Å². The Morgan fingerprint density at radius 1 is 1.28 bits per heavy atom. The van der Waals surface area contributed by atoms with E-state index in [0.717, 1.165) is 18.8 Å². The van der Waals surface area contributed by atoms with Gasteiger partial charge in [0.15, 0.2) is 0 Å². The van der Waals surface area contributed by atoms with Crippen LogP contribution in [-0.2, 0) is 0 Å². The molecule has 0 saturated heterocycles. The van der Waals surface area contributed by atoms with Crippen molar-refractivity contribution in [2.24, 2.45) is 0 Å². The molecule has 1 unspecified atom stereocenters. The molecule has 0 bridgehead atoms. The molecule has 1 N–H and O–H groups in total. The Morgan fingerprint density at radius 2 is 2.00 bits per heavy atom. The average Bonchev–Trinajstić information content (AvgIpc) is 2.27. The molecule has 0 spiro atoms. The van der Waals surface area contributed by atoms with Crippen molar-refractivity contribution in [3.8, 4) is 5.75 Å². The summed E-state index contributed by atoms with van der Waals surface area (Å²) >= 11 is 0. The molecule has 0 aromatic heterocycles. The standard InChI is InChI=1S/C15H26N2O/c1-6-16-15(11-17(4)5)13-8-7-9-14(10-13)18-12(2)3/h7-10,12,15-16H,6,11H2,1-5H3. The minimum Gasteiger partial charge on any atom is -0.491 e. The summed E-state index contributed by atoms with van der Waals surface area (Å²) in [7, 11) is 4.19. The molecular formula is C15H26N2O. The van der Waals surface area contributed by atoms with Crippen molar-refractivity contribution in [2.45, 2.75) is 32.9 Å². The van der Waals surface area contributed by atoms with E-state index >= 15 is 0 Å². The number of likely N-dealkylation sites (N-methyl/N-ethyl adjacent to an activating group) is 2. The van der Waals surface area contributed by atoms with Crippen molar-refractivity contribution in [1.29, 1.82) is 0 Å². The van der Waals surface area contributed by atoms with Crippen LogP contribution in [0.15, 0.2) is 24.3 Å². The molecule has 102 valence electrons. The summed E-state index contributed by atoms with van der Waals surface area (Å²) in [6.07, 6.45) is 0.215. The van der Waals surface area contributed by atoms with E-state index in [1.54, 1.807) is 0 Å². The molecule has 0 radical (unpaired) electrons. The fourth-order valence-electron chi connectivity index (χ4n) is 1.98. The highest BCUT2D eigenvalue weighted by atomic mass is 16.5. The van der Waals surface area contributed by atoms with Gasteiger partial charge in [0.25, 0.3) is 0 Å². The van der Waals surface area contributed by atoms with Crippen LogP contribution in [0.5, 0.6) is 5.75 Å². The van der Waals surface area contributed by atoms with Crippen LogP contribution in [0.2, 0.25) is 0 Å². The first-order chi connectivity index (χ1) is 8.52. The van der Waals surface area contributed by atoms with E-state index in [0.29, 0.717) is 6.04 Å². The molecule has 1 atom stereocenters. The normalized spacial score (nSPS) is 13.1. The third-order valence-corrected chi connectivity index (χ3v) is 2.63. The maximum atomic E-state index is 5.75. The summed E-state index contributed by atoms with van der Waals surface area (Å²) in [6, 6.07) is 8.72. The number of hydrogen-bond acceptors (Lipinski definition) is 3. The zero-order chi connectivity index (χ0) is 13.5. The van der Waals surface area contributed by atoms with Crippen LogP contribution < -0.4 is 10.1 Å². The molecular weight excluding hydrogens is 224 g/mol. The Kier molecular flexibility index (Phi) is 6.16. The summed E-state index contributed by atoms with van der Waals surface area (Å²) in [5, 5.41) is 3.51. The average molecular weight is 250 g/mol. The van der Waals surface area contributed by atoms with Crippen molar-refractivity contribution in [3.05, 3.63) is 29.8 Å².